The fourth-order valence-electron chi connectivity index (χ4n) is 1.74. The van der Waals surface area contributed by atoms with Gasteiger partial charge in [-0.05, 0) is 43.2 Å². The van der Waals surface area contributed by atoms with Crippen molar-refractivity contribution < 1.29 is 9.15 Å². The molecule has 1 atom stereocenters. The predicted molar refractivity (Wildman–Crippen MR) is 71.7 cm³/mol. The van der Waals surface area contributed by atoms with Crippen LogP contribution in [0.2, 0.25) is 0 Å². The number of rotatable bonds is 5. The van der Waals surface area contributed by atoms with Crippen molar-refractivity contribution in [1.29, 1.82) is 0 Å². The molecule has 3 heteroatoms. The van der Waals surface area contributed by atoms with Gasteiger partial charge < -0.3 is 14.9 Å². The van der Waals surface area contributed by atoms with Crippen molar-refractivity contribution in [3.05, 3.63) is 53.5 Å². The minimum Gasteiger partial charge on any atom is -0.491 e. The topological polar surface area (TPSA) is 48.4 Å². The number of nitrogens with two attached hydrogens (primary N) is 1. The largest absolute Gasteiger partial charge is 0.491 e. The van der Waals surface area contributed by atoms with Crippen molar-refractivity contribution in [1.82, 2.24) is 0 Å². The van der Waals surface area contributed by atoms with E-state index in [2.05, 4.69) is 19.1 Å². The Morgan fingerprint density at radius 3 is 2.44 bits per heavy atom. The average Bonchev–Trinajstić information content (AvgIpc) is 2.83. The van der Waals surface area contributed by atoms with E-state index in [0.717, 1.165) is 23.7 Å². The highest BCUT2D eigenvalue weighted by Gasteiger charge is 2.10. The van der Waals surface area contributed by atoms with Crippen LogP contribution in [0.1, 0.15) is 30.0 Å². The van der Waals surface area contributed by atoms with Gasteiger partial charge in [0.2, 0.25) is 0 Å². The van der Waals surface area contributed by atoms with Crippen molar-refractivity contribution in [2.24, 2.45) is 5.73 Å². The molecular formula is C15H19NO2. The number of ether oxygens (including phenoxy) is 1. The lowest BCUT2D eigenvalue weighted by atomic mass is 10.2. The quantitative estimate of drug-likeness (QED) is 0.879. The lowest BCUT2D eigenvalue weighted by Crippen LogP contribution is -2.18. The molecule has 0 bridgehead atoms. The van der Waals surface area contributed by atoms with Crippen LogP contribution in [0.25, 0.3) is 0 Å². The normalized spacial score (nSPS) is 12.4. The van der Waals surface area contributed by atoms with E-state index in [-0.39, 0.29) is 6.04 Å². The molecular weight excluding hydrogens is 226 g/mol. The number of furan rings is 1. The maximum Gasteiger partial charge on any atom is 0.124 e. The summed E-state index contributed by atoms with van der Waals surface area (Å²) in [4.78, 5) is 0. The van der Waals surface area contributed by atoms with Gasteiger partial charge in [0, 0.05) is 0 Å². The fourth-order valence-corrected chi connectivity index (χ4v) is 1.74. The van der Waals surface area contributed by atoms with E-state index in [1.54, 1.807) is 0 Å². The van der Waals surface area contributed by atoms with E-state index in [1.807, 2.05) is 31.2 Å². The first kappa shape index (κ1) is 12.7. The van der Waals surface area contributed by atoms with Crippen LogP contribution in [0.3, 0.4) is 0 Å². The first-order valence-electron chi connectivity index (χ1n) is 6.22. The van der Waals surface area contributed by atoms with Gasteiger partial charge in [-0.3, -0.25) is 0 Å². The average molecular weight is 245 g/mol. The van der Waals surface area contributed by atoms with E-state index in [0.29, 0.717) is 6.61 Å². The third kappa shape index (κ3) is 3.14. The third-order valence-corrected chi connectivity index (χ3v) is 2.89. The molecule has 2 N–H and O–H groups in total. The maximum atomic E-state index is 5.99. The van der Waals surface area contributed by atoms with Crippen molar-refractivity contribution in [3.8, 4) is 5.75 Å². The monoisotopic (exact) mass is 245 g/mol. The molecule has 3 nitrogen and oxygen atoms in total. The SMILES string of the molecule is CCc1ccc(OCC(N)c2ccc(C)o2)cc1. The lowest BCUT2D eigenvalue weighted by Gasteiger charge is -2.11. The van der Waals surface area contributed by atoms with Gasteiger partial charge >= 0.3 is 0 Å². The summed E-state index contributed by atoms with van der Waals surface area (Å²) < 4.78 is 11.1. The first-order chi connectivity index (χ1) is 8.69. The zero-order valence-corrected chi connectivity index (χ0v) is 10.8. The van der Waals surface area contributed by atoms with Crippen LogP contribution >= 0.6 is 0 Å². The van der Waals surface area contributed by atoms with E-state index in [9.17, 15) is 0 Å². The van der Waals surface area contributed by atoms with E-state index in [1.165, 1.54) is 5.56 Å². The van der Waals surface area contributed by atoms with Gasteiger partial charge in [-0.15, -0.1) is 0 Å². The zero-order valence-electron chi connectivity index (χ0n) is 10.8. The Morgan fingerprint density at radius 2 is 1.89 bits per heavy atom. The van der Waals surface area contributed by atoms with Gasteiger partial charge in [-0.2, -0.15) is 0 Å². The van der Waals surface area contributed by atoms with Gasteiger partial charge in [-0.25, -0.2) is 0 Å². The summed E-state index contributed by atoms with van der Waals surface area (Å²) in [6.07, 6.45) is 1.03. The second-order valence-corrected chi connectivity index (χ2v) is 4.36. The summed E-state index contributed by atoms with van der Waals surface area (Å²) in [5.74, 6) is 2.47. The summed E-state index contributed by atoms with van der Waals surface area (Å²) in [6.45, 7) is 4.45. The predicted octanol–water partition coefficient (Wildman–Crippen LogP) is 3.23. The van der Waals surface area contributed by atoms with Crippen LogP contribution in [0.5, 0.6) is 5.75 Å². The summed E-state index contributed by atoms with van der Waals surface area (Å²) in [6, 6.07) is 11.6. The molecule has 96 valence electrons. The maximum absolute atomic E-state index is 5.99. The van der Waals surface area contributed by atoms with Crippen molar-refractivity contribution in [2.75, 3.05) is 6.61 Å². The van der Waals surface area contributed by atoms with Gasteiger partial charge in [0.15, 0.2) is 0 Å². The van der Waals surface area contributed by atoms with Crippen LogP contribution in [-0.2, 0) is 6.42 Å². The number of hydrogen-bond acceptors (Lipinski definition) is 3. The van der Waals surface area contributed by atoms with Gasteiger partial charge in [0.1, 0.15) is 23.9 Å². The standard InChI is InChI=1S/C15H19NO2/c1-3-12-5-7-13(8-6-12)17-10-14(16)15-9-4-11(2)18-15/h4-9,14H,3,10,16H2,1-2H3. The molecule has 0 saturated heterocycles. The Balaban J connectivity index is 1.90. The highest BCUT2D eigenvalue weighted by atomic mass is 16.5. The van der Waals surface area contributed by atoms with Crippen molar-refractivity contribution in [3.63, 3.8) is 0 Å². The Hall–Kier alpha value is -1.74. The molecule has 0 aliphatic carbocycles. The molecule has 1 unspecified atom stereocenters. The second-order valence-electron chi connectivity index (χ2n) is 4.36. The molecule has 0 spiro atoms. The summed E-state index contributed by atoms with van der Waals surface area (Å²) in [5, 5.41) is 0. The molecule has 2 rings (SSSR count). The van der Waals surface area contributed by atoms with E-state index >= 15 is 0 Å². The molecule has 1 aromatic carbocycles. The molecule has 0 fully saturated rings. The molecule has 0 radical (unpaired) electrons. The Kier molecular flexibility index (Phi) is 4.05. The summed E-state index contributed by atoms with van der Waals surface area (Å²) in [7, 11) is 0. The van der Waals surface area contributed by atoms with Crippen LogP contribution in [0, 0.1) is 6.92 Å². The highest BCUT2D eigenvalue weighted by molar-refractivity contribution is 5.27. The first-order valence-corrected chi connectivity index (χ1v) is 6.22. The minimum absolute atomic E-state index is 0.232. The van der Waals surface area contributed by atoms with Crippen molar-refractivity contribution in [2.45, 2.75) is 26.3 Å². The lowest BCUT2D eigenvalue weighted by molar-refractivity contribution is 0.271. The molecule has 1 aromatic heterocycles. The van der Waals surface area contributed by atoms with Crippen LogP contribution in [0.4, 0.5) is 0 Å². The van der Waals surface area contributed by atoms with Crippen LogP contribution < -0.4 is 10.5 Å². The Morgan fingerprint density at radius 1 is 1.17 bits per heavy atom. The molecule has 2 aromatic rings. The highest BCUT2D eigenvalue weighted by Crippen LogP contribution is 2.17. The van der Waals surface area contributed by atoms with E-state index in [4.69, 9.17) is 14.9 Å². The Labute approximate surface area is 108 Å². The molecule has 0 saturated carbocycles. The summed E-state index contributed by atoms with van der Waals surface area (Å²) >= 11 is 0. The Bertz CT molecular complexity index is 487. The third-order valence-electron chi connectivity index (χ3n) is 2.89. The van der Waals surface area contributed by atoms with Crippen LogP contribution in [-0.4, -0.2) is 6.61 Å². The second kappa shape index (κ2) is 5.74. The number of aryl methyl sites for hydroxylation is 2. The molecule has 0 aliphatic rings. The molecule has 18 heavy (non-hydrogen) atoms. The molecule has 0 aliphatic heterocycles. The minimum atomic E-state index is -0.232. The number of hydrogen-bond donors (Lipinski definition) is 1. The van der Waals surface area contributed by atoms with Crippen molar-refractivity contribution >= 4 is 0 Å². The number of benzene rings is 1. The molecule has 0 amide bonds. The smallest absolute Gasteiger partial charge is 0.124 e. The zero-order chi connectivity index (χ0) is 13.0. The summed E-state index contributed by atoms with van der Waals surface area (Å²) in [5.41, 5.74) is 7.29. The van der Waals surface area contributed by atoms with Gasteiger partial charge in [-0.1, -0.05) is 19.1 Å². The van der Waals surface area contributed by atoms with Gasteiger partial charge in [0.05, 0.1) is 6.04 Å². The van der Waals surface area contributed by atoms with Crippen LogP contribution in [0.15, 0.2) is 40.8 Å². The van der Waals surface area contributed by atoms with Gasteiger partial charge in [0.25, 0.3) is 0 Å². The molecule has 1 heterocycles. The fraction of sp³-hybridized carbons (Fsp3) is 0.333. The van der Waals surface area contributed by atoms with E-state index < -0.39 is 0 Å².